The van der Waals surface area contributed by atoms with E-state index in [1.807, 2.05) is 20.8 Å². The molecule has 11 heteroatoms. The first kappa shape index (κ1) is 26.7. The standard InChI is InChI=1S/C27H26FN5O4S/c1-15-19(12-17(13-21(15)28)24(35)31-22-7-9-37-33-22)18-6-5-16(23(34)30-14-27(2,3)4)11-20(18)25(36)32-26-29-8-10-38-26/h5-13H,14H2,1-4H3,(H,30,34)(H,29,32,36)(H,31,33,35). The second-order valence-corrected chi connectivity index (χ2v) is 10.7. The number of carbonyl (C=O) groups excluding carboxylic acids is 3. The van der Waals surface area contributed by atoms with Gasteiger partial charge in [-0.1, -0.05) is 32.0 Å². The quantitative estimate of drug-likeness (QED) is 0.286. The van der Waals surface area contributed by atoms with Crippen molar-refractivity contribution >= 4 is 40.0 Å². The zero-order valence-electron chi connectivity index (χ0n) is 21.2. The van der Waals surface area contributed by atoms with Gasteiger partial charge in [0.1, 0.15) is 12.1 Å². The smallest absolute Gasteiger partial charge is 0.258 e. The topological polar surface area (TPSA) is 126 Å². The Bertz CT molecular complexity index is 1480. The molecule has 9 nitrogen and oxygen atoms in total. The Morgan fingerprint density at radius 2 is 1.76 bits per heavy atom. The van der Waals surface area contributed by atoms with Crippen LogP contribution in [-0.2, 0) is 0 Å². The first-order valence-corrected chi connectivity index (χ1v) is 12.5. The number of halogens is 1. The summed E-state index contributed by atoms with van der Waals surface area (Å²) in [5.41, 5.74) is 1.17. The lowest BCUT2D eigenvalue weighted by atomic mass is 9.91. The number of hydrogen-bond acceptors (Lipinski definition) is 7. The Labute approximate surface area is 222 Å². The third kappa shape index (κ3) is 6.30. The van der Waals surface area contributed by atoms with Crippen LogP contribution in [0.5, 0.6) is 0 Å². The van der Waals surface area contributed by atoms with Crippen molar-refractivity contribution in [1.29, 1.82) is 0 Å². The molecular formula is C27H26FN5O4S. The van der Waals surface area contributed by atoms with Gasteiger partial charge in [0, 0.05) is 40.9 Å². The monoisotopic (exact) mass is 535 g/mol. The van der Waals surface area contributed by atoms with E-state index < -0.39 is 17.6 Å². The second-order valence-electron chi connectivity index (χ2n) is 9.76. The molecule has 0 fully saturated rings. The SMILES string of the molecule is Cc1c(F)cc(C(=O)Nc2ccon2)cc1-c1ccc(C(=O)NCC(C)(C)C)cc1C(=O)Nc1nccs1. The Balaban J connectivity index is 1.76. The maximum absolute atomic E-state index is 15.0. The summed E-state index contributed by atoms with van der Waals surface area (Å²) in [6, 6.07) is 8.64. The maximum Gasteiger partial charge on any atom is 0.258 e. The fraction of sp³-hybridized carbons (Fsp3) is 0.222. The summed E-state index contributed by atoms with van der Waals surface area (Å²) in [6.45, 7) is 7.96. The van der Waals surface area contributed by atoms with Crippen molar-refractivity contribution in [2.75, 3.05) is 17.2 Å². The first-order valence-electron chi connectivity index (χ1n) is 11.7. The third-order valence-electron chi connectivity index (χ3n) is 5.53. The van der Waals surface area contributed by atoms with Gasteiger partial charge in [-0.25, -0.2) is 9.37 Å². The number of anilines is 2. The summed E-state index contributed by atoms with van der Waals surface area (Å²) in [4.78, 5) is 43.1. The molecule has 0 bridgehead atoms. The van der Waals surface area contributed by atoms with E-state index in [0.717, 1.165) is 6.07 Å². The lowest BCUT2D eigenvalue weighted by molar-refractivity contribution is 0.0938. The summed E-state index contributed by atoms with van der Waals surface area (Å²) in [5.74, 6) is -1.94. The number of carbonyl (C=O) groups is 3. The van der Waals surface area contributed by atoms with Crippen LogP contribution in [0.1, 0.15) is 57.4 Å². The van der Waals surface area contributed by atoms with Crippen LogP contribution in [-0.4, -0.2) is 34.4 Å². The number of thiazole rings is 1. The van der Waals surface area contributed by atoms with Crippen LogP contribution in [0.3, 0.4) is 0 Å². The van der Waals surface area contributed by atoms with Crippen LogP contribution in [0.25, 0.3) is 11.1 Å². The Morgan fingerprint density at radius 3 is 2.42 bits per heavy atom. The summed E-state index contributed by atoms with van der Waals surface area (Å²) >= 11 is 1.23. The molecule has 2 heterocycles. The van der Waals surface area contributed by atoms with Gasteiger partial charge < -0.3 is 15.2 Å². The highest BCUT2D eigenvalue weighted by molar-refractivity contribution is 7.13. The molecule has 0 saturated carbocycles. The minimum atomic E-state index is -0.633. The van der Waals surface area contributed by atoms with E-state index in [0.29, 0.717) is 22.8 Å². The predicted octanol–water partition coefficient (Wildman–Crippen LogP) is 5.53. The molecule has 4 rings (SSSR count). The van der Waals surface area contributed by atoms with Crippen LogP contribution in [0.2, 0.25) is 0 Å². The van der Waals surface area contributed by atoms with Gasteiger partial charge in [-0.15, -0.1) is 11.3 Å². The summed E-state index contributed by atoms with van der Waals surface area (Å²) in [5, 5.41) is 13.8. The Morgan fingerprint density at radius 1 is 0.974 bits per heavy atom. The van der Waals surface area contributed by atoms with Crippen molar-refractivity contribution in [2.24, 2.45) is 5.41 Å². The lowest BCUT2D eigenvalue weighted by Gasteiger charge is -2.19. The number of nitrogens with zero attached hydrogens (tertiary/aromatic N) is 2. The average molecular weight is 536 g/mol. The number of rotatable bonds is 7. The Hall–Kier alpha value is -4.38. The predicted molar refractivity (Wildman–Crippen MR) is 143 cm³/mol. The molecule has 0 spiro atoms. The van der Waals surface area contributed by atoms with Crippen LogP contribution in [0.4, 0.5) is 15.3 Å². The van der Waals surface area contributed by atoms with Crippen molar-refractivity contribution in [2.45, 2.75) is 27.7 Å². The number of aromatic nitrogens is 2. The van der Waals surface area contributed by atoms with Gasteiger partial charge in [0.15, 0.2) is 10.9 Å². The van der Waals surface area contributed by atoms with Crippen LogP contribution >= 0.6 is 11.3 Å². The van der Waals surface area contributed by atoms with Crippen LogP contribution in [0.15, 0.2) is 58.8 Å². The number of amides is 3. The van der Waals surface area contributed by atoms with E-state index in [-0.39, 0.29) is 39.4 Å². The normalized spacial score (nSPS) is 11.2. The molecule has 2 aromatic carbocycles. The van der Waals surface area contributed by atoms with Gasteiger partial charge in [-0.2, -0.15) is 0 Å². The van der Waals surface area contributed by atoms with E-state index in [2.05, 4.69) is 26.1 Å². The van der Waals surface area contributed by atoms with E-state index in [4.69, 9.17) is 4.52 Å². The van der Waals surface area contributed by atoms with Crippen molar-refractivity contribution in [3.05, 3.63) is 82.3 Å². The zero-order valence-corrected chi connectivity index (χ0v) is 22.0. The van der Waals surface area contributed by atoms with Crippen molar-refractivity contribution in [3.63, 3.8) is 0 Å². The zero-order chi connectivity index (χ0) is 27.4. The molecule has 4 aromatic rings. The van der Waals surface area contributed by atoms with Gasteiger partial charge in [-0.05, 0) is 53.3 Å². The molecule has 0 atom stereocenters. The van der Waals surface area contributed by atoms with Gasteiger partial charge in [-0.3, -0.25) is 19.7 Å². The highest BCUT2D eigenvalue weighted by Crippen LogP contribution is 2.32. The number of hydrogen-bond donors (Lipinski definition) is 3. The number of benzene rings is 2. The largest absolute Gasteiger partial charge is 0.363 e. The molecule has 0 aliphatic heterocycles. The molecule has 3 N–H and O–H groups in total. The summed E-state index contributed by atoms with van der Waals surface area (Å²) < 4.78 is 19.8. The lowest BCUT2D eigenvalue weighted by Crippen LogP contribution is -2.32. The van der Waals surface area contributed by atoms with E-state index in [1.165, 1.54) is 35.8 Å². The van der Waals surface area contributed by atoms with Crippen LogP contribution < -0.4 is 16.0 Å². The average Bonchev–Trinajstić information content (AvgIpc) is 3.58. The summed E-state index contributed by atoms with van der Waals surface area (Å²) in [6.07, 6.45) is 2.84. The molecule has 0 unspecified atom stereocenters. The molecule has 0 aliphatic carbocycles. The fourth-order valence-corrected chi connectivity index (χ4v) is 4.08. The van der Waals surface area contributed by atoms with Gasteiger partial charge >= 0.3 is 0 Å². The van der Waals surface area contributed by atoms with Gasteiger partial charge in [0.05, 0.1) is 0 Å². The first-order chi connectivity index (χ1) is 18.0. The minimum absolute atomic E-state index is 0.0179. The molecule has 0 aliphatic rings. The number of nitrogens with one attached hydrogen (secondary N) is 3. The third-order valence-corrected chi connectivity index (χ3v) is 6.22. The van der Waals surface area contributed by atoms with Gasteiger partial charge in [0.25, 0.3) is 17.7 Å². The second kappa shape index (κ2) is 10.9. The maximum atomic E-state index is 15.0. The highest BCUT2D eigenvalue weighted by atomic mass is 32.1. The molecule has 3 amide bonds. The van der Waals surface area contributed by atoms with Crippen molar-refractivity contribution in [1.82, 2.24) is 15.5 Å². The molecule has 196 valence electrons. The van der Waals surface area contributed by atoms with Gasteiger partial charge in [0.2, 0.25) is 0 Å². The van der Waals surface area contributed by atoms with Crippen molar-refractivity contribution in [3.8, 4) is 11.1 Å². The van der Waals surface area contributed by atoms with E-state index in [9.17, 15) is 14.4 Å². The highest BCUT2D eigenvalue weighted by Gasteiger charge is 2.22. The molecule has 2 aromatic heterocycles. The van der Waals surface area contributed by atoms with E-state index in [1.54, 1.807) is 30.6 Å². The minimum Gasteiger partial charge on any atom is -0.363 e. The molecule has 0 saturated heterocycles. The molecule has 0 radical (unpaired) electrons. The summed E-state index contributed by atoms with van der Waals surface area (Å²) in [7, 11) is 0. The molecule has 38 heavy (non-hydrogen) atoms. The van der Waals surface area contributed by atoms with Crippen molar-refractivity contribution < 1.29 is 23.3 Å². The van der Waals surface area contributed by atoms with E-state index >= 15 is 4.39 Å². The fourth-order valence-electron chi connectivity index (χ4n) is 3.56. The Kier molecular flexibility index (Phi) is 7.67. The van der Waals surface area contributed by atoms with Crippen LogP contribution in [0, 0.1) is 18.2 Å². The molecular weight excluding hydrogens is 509 g/mol.